The molecule has 102 valence electrons. The van der Waals surface area contributed by atoms with Crippen LogP contribution in [-0.4, -0.2) is 40.5 Å². The van der Waals surface area contributed by atoms with Gasteiger partial charge in [0.2, 0.25) is 0 Å². The second-order valence-electron chi connectivity index (χ2n) is 3.72. The largest absolute Gasteiger partial charge is 0.395 e. The smallest absolute Gasteiger partial charge is 0.271 e. The van der Waals surface area contributed by atoms with Crippen molar-refractivity contribution in [2.75, 3.05) is 19.7 Å². The van der Waals surface area contributed by atoms with Crippen LogP contribution in [-0.2, 0) is 0 Å². The van der Waals surface area contributed by atoms with E-state index in [1.165, 1.54) is 23.1 Å². The van der Waals surface area contributed by atoms with Crippen LogP contribution in [0.4, 0.5) is 5.69 Å². The van der Waals surface area contributed by atoms with Crippen molar-refractivity contribution in [3.05, 3.63) is 51.6 Å². The van der Waals surface area contributed by atoms with Crippen LogP contribution in [0.25, 0.3) is 0 Å². The fourth-order valence-corrected chi connectivity index (χ4v) is 1.77. The number of halogens is 1. The Bertz CT molecular complexity index is 505. The highest BCUT2D eigenvalue weighted by Gasteiger charge is 2.18. The highest BCUT2D eigenvalue weighted by molar-refractivity contribution is 6.31. The first-order chi connectivity index (χ1) is 8.99. The number of carbonyl (C=O) groups is 1. The summed E-state index contributed by atoms with van der Waals surface area (Å²) < 4.78 is 0. The minimum Gasteiger partial charge on any atom is -0.395 e. The van der Waals surface area contributed by atoms with E-state index in [1.54, 1.807) is 0 Å². The Hall–Kier alpha value is -1.92. The molecule has 6 nitrogen and oxygen atoms in total. The molecule has 7 heteroatoms. The maximum Gasteiger partial charge on any atom is 0.271 e. The number of amides is 1. The quantitative estimate of drug-likeness (QED) is 0.491. The van der Waals surface area contributed by atoms with Crippen molar-refractivity contribution < 1.29 is 14.8 Å². The van der Waals surface area contributed by atoms with Gasteiger partial charge >= 0.3 is 0 Å². The van der Waals surface area contributed by atoms with Gasteiger partial charge in [-0.3, -0.25) is 14.9 Å². The standard InChI is InChI=1S/C12H13ClN2O4/c1-2-3-14(4-5-16)12(17)9-6-10(13)8-11(7-9)15(18)19/h2,6-8,16H,1,3-5H2. The van der Waals surface area contributed by atoms with Gasteiger partial charge in [0.25, 0.3) is 11.6 Å². The number of non-ortho nitro benzene ring substituents is 1. The van der Waals surface area contributed by atoms with E-state index in [-0.39, 0.29) is 36.0 Å². The molecule has 0 aliphatic heterocycles. The van der Waals surface area contributed by atoms with Gasteiger partial charge in [0.05, 0.1) is 11.5 Å². The van der Waals surface area contributed by atoms with Gasteiger partial charge < -0.3 is 10.0 Å². The summed E-state index contributed by atoms with van der Waals surface area (Å²) in [7, 11) is 0. The van der Waals surface area contributed by atoms with Gasteiger partial charge in [-0.05, 0) is 6.07 Å². The average Bonchev–Trinajstić information content (AvgIpc) is 2.37. The Labute approximate surface area is 115 Å². The molecule has 19 heavy (non-hydrogen) atoms. The van der Waals surface area contributed by atoms with Crippen molar-refractivity contribution in [2.45, 2.75) is 0 Å². The number of hydrogen-bond donors (Lipinski definition) is 1. The number of nitrogens with zero attached hydrogens (tertiary/aromatic N) is 2. The third-order valence-corrected chi connectivity index (χ3v) is 2.57. The summed E-state index contributed by atoms with van der Waals surface area (Å²) in [5, 5.41) is 19.7. The molecule has 0 aliphatic rings. The Balaban J connectivity index is 3.09. The first-order valence-corrected chi connectivity index (χ1v) is 5.83. The minimum atomic E-state index is -0.619. The zero-order valence-electron chi connectivity index (χ0n) is 10.1. The van der Waals surface area contributed by atoms with Crippen LogP contribution in [0.15, 0.2) is 30.9 Å². The molecular formula is C12H13ClN2O4. The first-order valence-electron chi connectivity index (χ1n) is 5.45. The molecule has 0 atom stereocenters. The lowest BCUT2D eigenvalue weighted by atomic mass is 10.1. The third-order valence-electron chi connectivity index (χ3n) is 2.35. The fraction of sp³-hybridized carbons (Fsp3) is 0.250. The van der Waals surface area contributed by atoms with Gasteiger partial charge in [-0.25, -0.2) is 0 Å². The van der Waals surface area contributed by atoms with E-state index in [2.05, 4.69) is 6.58 Å². The van der Waals surface area contributed by atoms with Gasteiger partial charge in [-0.2, -0.15) is 0 Å². The molecule has 0 aromatic heterocycles. The Morgan fingerprint density at radius 2 is 2.21 bits per heavy atom. The van der Waals surface area contributed by atoms with Crippen molar-refractivity contribution in [1.29, 1.82) is 0 Å². The molecule has 1 aromatic carbocycles. The van der Waals surface area contributed by atoms with Crippen LogP contribution >= 0.6 is 11.6 Å². The summed E-state index contributed by atoms with van der Waals surface area (Å²) in [6.45, 7) is 3.66. The lowest BCUT2D eigenvalue weighted by Gasteiger charge is -2.19. The number of carbonyl (C=O) groups excluding carboxylic acids is 1. The Kier molecular flexibility index (Phi) is 5.47. The van der Waals surface area contributed by atoms with E-state index < -0.39 is 10.8 Å². The molecule has 0 radical (unpaired) electrons. The normalized spacial score (nSPS) is 10.0. The van der Waals surface area contributed by atoms with Crippen LogP contribution < -0.4 is 0 Å². The zero-order valence-corrected chi connectivity index (χ0v) is 10.8. The third kappa shape index (κ3) is 4.04. The van der Waals surface area contributed by atoms with E-state index in [1.807, 2.05) is 0 Å². The van der Waals surface area contributed by atoms with E-state index in [9.17, 15) is 14.9 Å². The fourth-order valence-electron chi connectivity index (χ4n) is 1.54. The average molecular weight is 285 g/mol. The SMILES string of the molecule is C=CCN(CCO)C(=O)c1cc(Cl)cc([N+](=O)[O-])c1. The Morgan fingerprint density at radius 1 is 1.53 bits per heavy atom. The monoisotopic (exact) mass is 284 g/mol. The summed E-state index contributed by atoms with van der Waals surface area (Å²) in [4.78, 5) is 23.6. The van der Waals surface area contributed by atoms with Gasteiger partial charge in [-0.15, -0.1) is 6.58 Å². The predicted octanol–water partition coefficient (Wildman–Crippen LogP) is 1.87. The molecule has 0 heterocycles. The number of aliphatic hydroxyl groups is 1. The molecule has 0 saturated carbocycles. The number of nitro benzene ring substituents is 1. The summed E-state index contributed by atoms with van der Waals surface area (Å²) in [6.07, 6.45) is 1.51. The molecule has 1 aromatic rings. The van der Waals surface area contributed by atoms with E-state index in [0.717, 1.165) is 6.07 Å². The highest BCUT2D eigenvalue weighted by atomic mass is 35.5. The van der Waals surface area contributed by atoms with Gasteiger partial charge in [0, 0.05) is 35.8 Å². The molecule has 0 saturated heterocycles. The maximum atomic E-state index is 12.1. The van der Waals surface area contributed by atoms with Crippen LogP contribution in [0.3, 0.4) is 0 Å². The first kappa shape index (κ1) is 15.1. The number of hydrogen-bond acceptors (Lipinski definition) is 4. The second kappa shape index (κ2) is 6.86. The van der Waals surface area contributed by atoms with Gasteiger partial charge in [0.1, 0.15) is 0 Å². The van der Waals surface area contributed by atoms with Crippen molar-refractivity contribution in [1.82, 2.24) is 4.90 Å². The molecule has 1 amide bonds. The summed E-state index contributed by atoms with van der Waals surface area (Å²) in [5.74, 6) is -0.445. The predicted molar refractivity (Wildman–Crippen MR) is 71.3 cm³/mol. The van der Waals surface area contributed by atoms with Crippen LogP contribution in [0, 0.1) is 10.1 Å². The highest BCUT2D eigenvalue weighted by Crippen LogP contribution is 2.21. The molecule has 0 fully saturated rings. The van der Waals surface area contributed by atoms with Crippen LogP contribution in [0.2, 0.25) is 5.02 Å². The van der Waals surface area contributed by atoms with Gasteiger partial charge in [-0.1, -0.05) is 17.7 Å². The topological polar surface area (TPSA) is 83.7 Å². The number of benzene rings is 1. The molecular weight excluding hydrogens is 272 g/mol. The molecule has 0 aliphatic carbocycles. The molecule has 0 unspecified atom stereocenters. The lowest BCUT2D eigenvalue weighted by Crippen LogP contribution is -2.33. The number of rotatable bonds is 6. The summed E-state index contributed by atoms with van der Waals surface area (Å²) >= 11 is 5.75. The maximum absolute atomic E-state index is 12.1. The summed E-state index contributed by atoms with van der Waals surface area (Å²) in [5.41, 5.74) is -0.145. The van der Waals surface area contributed by atoms with Crippen molar-refractivity contribution in [2.24, 2.45) is 0 Å². The Morgan fingerprint density at radius 3 is 2.74 bits per heavy atom. The van der Waals surface area contributed by atoms with Crippen LogP contribution in [0.5, 0.6) is 0 Å². The molecule has 1 rings (SSSR count). The second-order valence-corrected chi connectivity index (χ2v) is 4.16. The van der Waals surface area contributed by atoms with E-state index >= 15 is 0 Å². The van der Waals surface area contributed by atoms with Crippen molar-refractivity contribution >= 4 is 23.2 Å². The zero-order chi connectivity index (χ0) is 14.4. The van der Waals surface area contributed by atoms with Crippen LogP contribution in [0.1, 0.15) is 10.4 Å². The minimum absolute atomic E-state index is 0.106. The number of aliphatic hydroxyl groups excluding tert-OH is 1. The lowest BCUT2D eigenvalue weighted by molar-refractivity contribution is -0.384. The van der Waals surface area contributed by atoms with Crippen molar-refractivity contribution in [3.8, 4) is 0 Å². The van der Waals surface area contributed by atoms with Gasteiger partial charge in [0.15, 0.2) is 0 Å². The van der Waals surface area contributed by atoms with Crippen molar-refractivity contribution in [3.63, 3.8) is 0 Å². The van der Waals surface area contributed by atoms with E-state index in [0.29, 0.717) is 0 Å². The molecule has 0 spiro atoms. The number of nitro groups is 1. The molecule has 0 bridgehead atoms. The summed E-state index contributed by atoms with van der Waals surface area (Å²) in [6, 6.07) is 3.67. The molecule has 1 N–H and O–H groups in total. The van der Waals surface area contributed by atoms with E-state index in [4.69, 9.17) is 16.7 Å².